The molecule has 0 saturated carbocycles. The summed E-state index contributed by atoms with van der Waals surface area (Å²) in [4.78, 5) is 9.20. The Labute approximate surface area is 100 Å². The van der Waals surface area contributed by atoms with E-state index >= 15 is 0 Å². The highest BCUT2D eigenvalue weighted by molar-refractivity contribution is 9.11. The second kappa shape index (κ2) is 3.73. The first-order valence-corrected chi connectivity index (χ1v) is 6.48. The molecule has 0 aromatic carbocycles. The van der Waals surface area contributed by atoms with E-state index in [1.807, 2.05) is 0 Å². The highest BCUT2D eigenvalue weighted by atomic mass is 79.9. The van der Waals surface area contributed by atoms with E-state index in [-0.39, 0.29) is 0 Å². The van der Waals surface area contributed by atoms with Crippen molar-refractivity contribution in [2.75, 3.05) is 6.54 Å². The van der Waals surface area contributed by atoms with Crippen LogP contribution in [0, 0.1) is 0 Å². The molecule has 0 amide bonds. The van der Waals surface area contributed by atoms with Crippen molar-refractivity contribution >= 4 is 27.3 Å². The second-order valence-corrected chi connectivity index (χ2v) is 6.00. The van der Waals surface area contributed by atoms with E-state index in [0.29, 0.717) is 0 Å². The van der Waals surface area contributed by atoms with E-state index in [2.05, 4.69) is 43.3 Å². The normalized spacial score (nSPS) is 15.3. The first-order chi connectivity index (χ1) is 7.33. The predicted molar refractivity (Wildman–Crippen MR) is 65.0 cm³/mol. The van der Waals surface area contributed by atoms with Gasteiger partial charge in [-0.25, -0.2) is 4.98 Å². The number of aromatic amines is 1. The molecule has 3 nitrogen and oxygen atoms in total. The standard InChI is InChI=1S/C10H10BrN3S/c11-9-2-1-8(15-9)10-13-6-3-4-12-5-7(6)14-10/h1-2,12H,3-5H2,(H,13,14). The van der Waals surface area contributed by atoms with Gasteiger partial charge < -0.3 is 10.3 Å². The zero-order chi connectivity index (χ0) is 10.3. The highest BCUT2D eigenvalue weighted by Gasteiger charge is 2.15. The molecule has 3 rings (SSSR count). The number of halogens is 1. The number of hydrogen-bond donors (Lipinski definition) is 2. The van der Waals surface area contributed by atoms with E-state index in [1.165, 1.54) is 16.3 Å². The minimum Gasteiger partial charge on any atom is -0.340 e. The van der Waals surface area contributed by atoms with Gasteiger partial charge in [-0.05, 0) is 28.1 Å². The summed E-state index contributed by atoms with van der Waals surface area (Å²) in [6.07, 6.45) is 1.03. The fraction of sp³-hybridized carbons (Fsp3) is 0.300. The van der Waals surface area contributed by atoms with Crippen molar-refractivity contribution in [2.45, 2.75) is 13.0 Å². The van der Waals surface area contributed by atoms with Gasteiger partial charge in [0.25, 0.3) is 0 Å². The van der Waals surface area contributed by atoms with Crippen LogP contribution in [0.1, 0.15) is 11.4 Å². The Morgan fingerprint density at radius 1 is 1.40 bits per heavy atom. The molecule has 0 spiro atoms. The molecule has 1 aliphatic heterocycles. The summed E-state index contributed by atoms with van der Waals surface area (Å²) in [7, 11) is 0. The van der Waals surface area contributed by atoms with Crippen LogP contribution < -0.4 is 5.32 Å². The lowest BCUT2D eigenvalue weighted by molar-refractivity contribution is 0.627. The summed E-state index contributed by atoms with van der Waals surface area (Å²) in [6, 6.07) is 4.15. The number of H-pyrrole nitrogens is 1. The van der Waals surface area contributed by atoms with E-state index in [1.54, 1.807) is 11.3 Å². The van der Waals surface area contributed by atoms with Crippen LogP contribution in [0.4, 0.5) is 0 Å². The molecule has 0 bridgehead atoms. The Hall–Kier alpha value is -0.650. The smallest absolute Gasteiger partial charge is 0.148 e. The number of nitrogens with zero attached hydrogens (tertiary/aromatic N) is 1. The summed E-state index contributed by atoms with van der Waals surface area (Å²) in [5, 5.41) is 3.33. The molecule has 0 aliphatic carbocycles. The topological polar surface area (TPSA) is 40.7 Å². The Balaban J connectivity index is 2.02. The Kier molecular flexibility index (Phi) is 2.38. The molecule has 2 aromatic heterocycles. The predicted octanol–water partition coefficient (Wildman–Crippen LogP) is 2.55. The van der Waals surface area contributed by atoms with Gasteiger partial charge in [-0.2, -0.15) is 0 Å². The summed E-state index contributed by atoms with van der Waals surface area (Å²) >= 11 is 5.17. The maximum Gasteiger partial charge on any atom is 0.148 e. The van der Waals surface area contributed by atoms with Crippen LogP contribution in [0.3, 0.4) is 0 Å². The van der Waals surface area contributed by atoms with Gasteiger partial charge in [0.2, 0.25) is 0 Å². The minimum absolute atomic E-state index is 0.912. The van der Waals surface area contributed by atoms with Crippen molar-refractivity contribution in [1.82, 2.24) is 15.3 Å². The number of rotatable bonds is 1. The molecule has 0 radical (unpaired) electrons. The van der Waals surface area contributed by atoms with E-state index in [0.717, 1.165) is 29.1 Å². The molecule has 2 N–H and O–H groups in total. The van der Waals surface area contributed by atoms with Crippen LogP contribution in [0.15, 0.2) is 15.9 Å². The van der Waals surface area contributed by atoms with Gasteiger partial charge >= 0.3 is 0 Å². The van der Waals surface area contributed by atoms with Gasteiger partial charge in [0.1, 0.15) is 5.82 Å². The molecule has 0 fully saturated rings. The van der Waals surface area contributed by atoms with Crippen LogP contribution in [0.2, 0.25) is 0 Å². The number of fused-ring (bicyclic) bond motifs is 1. The van der Waals surface area contributed by atoms with Crippen molar-refractivity contribution in [3.05, 3.63) is 27.3 Å². The third kappa shape index (κ3) is 1.75. The zero-order valence-corrected chi connectivity index (χ0v) is 10.4. The number of aromatic nitrogens is 2. The molecular weight excluding hydrogens is 274 g/mol. The van der Waals surface area contributed by atoms with Crippen LogP contribution in [-0.4, -0.2) is 16.5 Å². The van der Waals surface area contributed by atoms with Crippen molar-refractivity contribution < 1.29 is 0 Å². The molecule has 78 valence electrons. The lowest BCUT2D eigenvalue weighted by Crippen LogP contribution is -2.23. The second-order valence-electron chi connectivity index (χ2n) is 3.54. The number of imidazole rings is 1. The molecule has 3 heterocycles. The largest absolute Gasteiger partial charge is 0.340 e. The maximum atomic E-state index is 4.63. The fourth-order valence-corrected chi connectivity index (χ4v) is 3.11. The molecule has 0 saturated heterocycles. The van der Waals surface area contributed by atoms with Gasteiger partial charge in [0, 0.05) is 19.5 Å². The third-order valence-electron chi connectivity index (χ3n) is 2.51. The van der Waals surface area contributed by atoms with Gasteiger partial charge in [-0.1, -0.05) is 0 Å². The number of thiophene rings is 1. The molecule has 5 heteroatoms. The molecule has 2 aromatic rings. The van der Waals surface area contributed by atoms with Crippen LogP contribution in [0.25, 0.3) is 10.7 Å². The zero-order valence-electron chi connectivity index (χ0n) is 8.01. The number of hydrogen-bond acceptors (Lipinski definition) is 3. The van der Waals surface area contributed by atoms with Crippen molar-refractivity contribution in [2.24, 2.45) is 0 Å². The van der Waals surface area contributed by atoms with Crippen LogP contribution in [0.5, 0.6) is 0 Å². The van der Waals surface area contributed by atoms with E-state index in [4.69, 9.17) is 0 Å². The molecule has 15 heavy (non-hydrogen) atoms. The first-order valence-electron chi connectivity index (χ1n) is 4.87. The summed E-state index contributed by atoms with van der Waals surface area (Å²) in [5.74, 6) is 0.999. The maximum absolute atomic E-state index is 4.63. The quantitative estimate of drug-likeness (QED) is 0.845. The van der Waals surface area contributed by atoms with E-state index < -0.39 is 0 Å². The lowest BCUT2D eigenvalue weighted by atomic mass is 10.2. The Morgan fingerprint density at radius 3 is 3.07 bits per heavy atom. The number of nitrogens with one attached hydrogen (secondary N) is 2. The van der Waals surface area contributed by atoms with Crippen LogP contribution >= 0.6 is 27.3 Å². The Morgan fingerprint density at radius 2 is 2.33 bits per heavy atom. The third-order valence-corrected chi connectivity index (χ3v) is 4.14. The molecule has 0 atom stereocenters. The van der Waals surface area contributed by atoms with Gasteiger partial charge in [-0.15, -0.1) is 11.3 Å². The minimum atomic E-state index is 0.912. The Bertz CT molecular complexity index is 465. The molecular formula is C10H10BrN3S. The van der Waals surface area contributed by atoms with Crippen molar-refractivity contribution in [3.63, 3.8) is 0 Å². The van der Waals surface area contributed by atoms with Crippen molar-refractivity contribution in [3.8, 4) is 10.7 Å². The van der Waals surface area contributed by atoms with Crippen LogP contribution in [-0.2, 0) is 13.0 Å². The average Bonchev–Trinajstić information content (AvgIpc) is 2.82. The summed E-state index contributed by atoms with van der Waals surface area (Å²) in [6.45, 7) is 1.94. The molecule has 0 unspecified atom stereocenters. The van der Waals surface area contributed by atoms with E-state index in [9.17, 15) is 0 Å². The average molecular weight is 284 g/mol. The summed E-state index contributed by atoms with van der Waals surface area (Å²) in [5.41, 5.74) is 2.45. The highest BCUT2D eigenvalue weighted by Crippen LogP contribution is 2.30. The van der Waals surface area contributed by atoms with Crippen molar-refractivity contribution in [1.29, 1.82) is 0 Å². The SMILES string of the molecule is Brc1ccc(-c2nc3c([nH]2)CNCC3)s1. The van der Waals surface area contributed by atoms with Gasteiger partial charge in [0.05, 0.1) is 20.1 Å². The molecule has 1 aliphatic rings. The monoisotopic (exact) mass is 283 g/mol. The summed E-state index contributed by atoms with van der Waals surface area (Å²) < 4.78 is 1.14. The fourth-order valence-electron chi connectivity index (χ4n) is 1.78. The first kappa shape index (κ1) is 9.57. The lowest BCUT2D eigenvalue weighted by Gasteiger charge is -2.09. The van der Waals surface area contributed by atoms with Gasteiger partial charge in [0.15, 0.2) is 0 Å². The van der Waals surface area contributed by atoms with Gasteiger partial charge in [-0.3, -0.25) is 0 Å².